The topological polar surface area (TPSA) is 59.3 Å². The second-order valence-electron chi connectivity index (χ2n) is 4.76. The van der Waals surface area contributed by atoms with Gasteiger partial charge in [0.15, 0.2) is 0 Å². The number of halogens is 1. The van der Waals surface area contributed by atoms with Gasteiger partial charge < -0.3 is 0 Å². The highest BCUT2D eigenvalue weighted by atomic mass is 35.5. The lowest BCUT2D eigenvalue weighted by Crippen LogP contribution is -2.17. The van der Waals surface area contributed by atoms with E-state index in [9.17, 15) is 4.79 Å². The summed E-state index contributed by atoms with van der Waals surface area (Å²) in [6.45, 7) is 0. The van der Waals surface area contributed by atoms with E-state index in [0.29, 0.717) is 10.6 Å². The maximum atomic E-state index is 11.9. The van der Waals surface area contributed by atoms with Gasteiger partial charge in [-0.3, -0.25) is 4.79 Å². The van der Waals surface area contributed by atoms with E-state index in [-0.39, 0.29) is 5.91 Å². The first-order chi connectivity index (χ1) is 11.2. The Labute approximate surface area is 138 Å². The van der Waals surface area contributed by atoms with Crippen LogP contribution in [0.15, 0.2) is 72.1 Å². The Morgan fingerprint density at radius 1 is 1.13 bits per heavy atom. The second kappa shape index (κ2) is 6.89. The summed E-state index contributed by atoms with van der Waals surface area (Å²) in [6.07, 6.45) is 5.04. The molecule has 1 amide bonds. The number of hydrogen-bond donors (Lipinski definition) is 1. The number of para-hydroxylation sites is 1. The molecule has 5 nitrogen and oxygen atoms in total. The van der Waals surface area contributed by atoms with Crippen molar-refractivity contribution in [3.05, 3.63) is 83.1 Å². The summed E-state index contributed by atoms with van der Waals surface area (Å²) < 4.78 is 1.74. The molecule has 6 heteroatoms. The number of nitrogens with one attached hydrogen (secondary N) is 1. The predicted octanol–water partition coefficient (Wildman–Crippen LogP) is 3.29. The van der Waals surface area contributed by atoms with Crippen LogP contribution in [0.4, 0.5) is 0 Å². The summed E-state index contributed by atoms with van der Waals surface area (Å²) >= 11 is 5.78. The third-order valence-corrected chi connectivity index (χ3v) is 3.36. The summed E-state index contributed by atoms with van der Waals surface area (Å²) in [4.78, 5) is 11.9. The molecular formula is C17H13ClN4O. The van der Waals surface area contributed by atoms with Gasteiger partial charge in [0.2, 0.25) is 0 Å². The van der Waals surface area contributed by atoms with Gasteiger partial charge in [0.25, 0.3) is 5.91 Å². The standard InChI is InChI=1S/C17H13ClN4O/c18-15-8-6-14(7-9-15)17(23)21-19-10-13-11-20-22(12-13)16-4-2-1-3-5-16/h1-12H,(H,21,23)/b19-10-. The van der Waals surface area contributed by atoms with Gasteiger partial charge in [-0.15, -0.1) is 0 Å². The van der Waals surface area contributed by atoms with Crippen molar-refractivity contribution in [2.75, 3.05) is 0 Å². The largest absolute Gasteiger partial charge is 0.271 e. The average Bonchev–Trinajstić information content (AvgIpc) is 3.05. The van der Waals surface area contributed by atoms with Crippen LogP contribution in [0.1, 0.15) is 15.9 Å². The van der Waals surface area contributed by atoms with Crippen LogP contribution in [0, 0.1) is 0 Å². The van der Waals surface area contributed by atoms with E-state index >= 15 is 0 Å². The van der Waals surface area contributed by atoms with Gasteiger partial charge in [0.05, 0.1) is 18.1 Å². The Morgan fingerprint density at radius 3 is 2.61 bits per heavy atom. The van der Waals surface area contributed by atoms with Gasteiger partial charge in [-0.05, 0) is 36.4 Å². The number of hydrogen-bond acceptors (Lipinski definition) is 3. The summed E-state index contributed by atoms with van der Waals surface area (Å²) in [7, 11) is 0. The van der Waals surface area contributed by atoms with E-state index in [1.165, 1.54) is 0 Å². The van der Waals surface area contributed by atoms with E-state index in [4.69, 9.17) is 11.6 Å². The third kappa shape index (κ3) is 3.84. The van der Waals surface area contributed by atoms with E-state index in [1.54, 1.807) is 41.4 Å². The first kappa shape index (κ1) is 15.0. The van der Waals surface area contributed by atoms with Crippen LogP contribution >= 0.6 is 11.6 Å². The molecule has 0 aliphatic heterocycles. The van der Waals surface area contributed by atoms with Crippen molar-refractivity contribution in [2.24, 2.45) is 5.10 Å². The van der Waals surface area contributed by atoms with Crippen LogP contribution in [-0.2, 0) is 0 Å². The van der Waals surface area contributed by atoms with Gasteiger partial charge in [-0.2, -0.15) is 10.2 Å². The van der Waals surface area contributed by atoms with E-state index < -0.39 is 0 Å². The number of hydrazone groups is 1. The number of amides is 1. The molecule has 114 valence electrons. The van der Waals surface area contributed by atoms with E-state index in [0.717, 1.165) is 11.3 Å². The molecule has 0 aliphatic carbocycles. The lowest BCUT2D eigenvalue weighted by molar-refractivity contribution is 0.0955. The van der Waals surface area contributed by atoms with Crippen molar-refractivity contribution in [3.63, 3.8) is 0 Å². The molecule has 0 saturated heterocycles. The minimum atomic E-state index is -0.298. The second-order valence-corrected chi connectivity index (χ2v) is 5.20. The highest BCUT2D eigenvalue weighted by Crippen LogP contribution is 2.09. The number of carbonyl (C=O) groups excluding carboxylic acids is 1. The lowest BCUT2D eigenvalue weighted by Gasteiger charge is -1.99. The Bertz CT molecular complexity index is 825. The van der Waals surface area contributed by atoms with E-state index in [2.05, 4.69) is 15.6 Å². The normalized spacial score (nSPS) is 10.8. The van der Waals surface area contributed by atoms with Crippen LogP contribution in [0.25, 0.3) is 5.69 Å². The quantitative estimate of drug-likeness (QED) is 0.591. The Kier molecular flexibility index (Phi) is 4.49. The third-order valence-electron chi connectivity index (χ3n) is 3.11. The summed E-state index contributed by atoms with van der Waals surface area (Å²) in [6, 6.07) is 16.3. The minimum Gasteiger partial charge on any atom is -0.267 e. The zero-order valence-corrected chi connectivity index (χ0v) is 12.8. The number of nitrogens with zero attached hydrogens (tertiary/aromatic N) is 3. The van der Waals surface area contributed by atoms with Gasteiger partial charge in [0, 0.05) is 22.3 Å². The van der Waals surface area contributed by atoms with Crippen LogP contribution in [-0.4, -0.2) is 21.9 Å². The minimum absolute atomic E-state index is 0.298. The molecule has 0 radical (unpaired) electrons. The first-order valence-electron chi connectivity index (χ1n) is 6.91. The van der Waals surface area contributed by atoms with Gasteiger partial charge in [-0.1, -0.05) is 29.8 Å². The van der Waals surface area contributed by atoms with Crippen molar-refractivity contribution >= 4 is 23.7 Å². The summed E-state index contributed by atoms with van der Waals surface area (Å²) in [5.41, 5.74) is 4.70. The molecular weight excluding hydrogens is 312 g/mol. The number of benzene rings is 2. The van der Waals surface area contributed by atoms with Crippen LogP contribution in [0.3, 0.4) is 0 Å². The highest BCUT2D eigenvalue weighted by Gasteiger charge is 2.03. The molecule has 0 atom stereocenters. The van der Waals surface area contributed by atoms with Gasteiger partial charge in [-0.25, -0.2) is 10.1 Å². The molecule has 0 aliphatic rings. The maximum Gasteiger partial charge on any atom is 0.271 e. The molecule has 1 aromatic heterocycles. The van der Waals surface area contributed by atoms with Gasteiger partial charge >= 0.3 is 0 Å². The van der Waals surface area contributed by atoms with E-state index in [1.807, 2.05) is 36.5 Å². The number of aromatic nitrogens is 2. The molecule has 2 aromatic carbocycles. The highest BCUT2D eigenvalue weighted by molar-refractivity contribution is 6.30. The predicted molar refractivity (Wildman–Crippen MR) is 90.1 cm³/mol. The van der Waals surface area contributed by atoms with Crippen molar-refractivity contribution in [3.8, 4) is 5.69 Å². The Hall–Kier alpha value is -2.92. The molecule has 0 fully saturated rings. The first-order valence-corrected chi connectivity index (χ1v) is 7.29. The lowest BCUT2D eigenvalue weighted by atomic mass is 10.2. The molecule has 3 aromatic rings. The monoisotopic (exact) mass is 324 g/mol. The molecule has 0 saturated carbocycles. The number of rotatable bonds is 4. The summed E-state index contributed by atoms with van der Waals surface area (Å²) in [5, 5.41) is 8.77. The Morgan fingerprint density at radius 2 is 1.87 bits per heavy atom. The van der Waals surface area contributed by atoms with Crippen LogP contribution in [0.2, 0.25) is 5.02 Å². The SMILES string of the molecule is O=C(N/N=C\c1cnn(-c2ccccc2)c1)c1ccc(Cl)cc1. The molecule has 1 heterocycles. The molecule has 1 N–H and O–H groups in total. The zero-order chi connectivity index (χ0) is 16.1. The number of carbonyl (C=O) groups is 1. The van der Waals surface area contributed by atoms with Crippen LogP contribution in [0.5, 0.6) is 0 Å². The fraction of sp³-hybridized carbons (Fsp3) is 0. The van der Waals surface area contributed by atoms with Crippen molar-refractivity contribution in [1.29, 1.82) is 0 Å². The summed E-state index contributed by atoms with van der Waals surface area (Å²) in [5.74, 6) is -0.298. The fourth-order valence-corrected chi connectivity index (χ4v) is 2.08. The molecule has 0 bridgehead atoms. The van der Waals surface area contributed by atoms with Crippen molar-refractivity contribution < 1.29 is 4.79 Å². The average molecular weight is 325 g/mol. The molecule has 0 unspecified atom stereocenters. The van der Waals surface area contributed by atoms with Crippen LogP contribution < -0.4 is 5.43 Å². The molecule has 0 spiro atoms. The fourth-order valence-electron chi connectivity index (χ4n) is 1.96. The van der Waals surface area contributed by atoms with Gasteiger partial charge in [0.1, 0.15) is 0 Å². The smallest absolute Gasteiger partial charge is 0.267 e. The zero-order valence-electron chi connectivity index (χ0n) is 12.1. The van der Waals surface area contributed by atoms with Crippen molar-refractivity contribution in [1.82, 2.24) is 15.2 Å². The van der Waals surface area contributed by atoms with Crippen molar-refractivity contribution in [2.45, 2.75) is 0 Å². The maximum absolute atomic E-state index is 11.9. The molecule has 3 rings (SSSR count). The molecule has 23 heavy (non-hydrogen) atoms. The Balaban J connectivity index is 1.63.